The SMILES string of the molecule is CN(C)S(=O)(=O)c1ccccc1-c1ccc(NC(=O)Cc2c[nH]c3ccc(C#N)cc23)cc1. The number of aromatic nitrogens is 1. The maximum Gasteiger partial charge on any atom is 0.243 e. The van der Waals surface area contributed by atoms with Crippen molar-refractivity contribution in [3.8, 4) is 17.2 Å². The van der Waals surface area contributed by atoms with Crippen LogP contribution >= 0.6 is 0 Å². The summed E-state index contributed by atoms with van der Waals surface area (Å²) in [5, 5.41) is 12.8. The van der Waals surface area contributed by atoms with Gasteiger partial charge in [0.05, 0.1) is 22.9 Å². The van der Waals surface area contributed by atoms with Crippen LogP contribution in [-0.4, -0.2) is 37.7 Å². The van der Waals surface area contributed by atoms with E-state index in [9.17, 15) is 13.2 Å². The highest BCUT2D eigenvalue weighted by molar-refractivity contribution is 7.89. The van der Waals surface area contributed by atoms with E-state index in [4.69, 9.17) is 5.26 Å². The standard InChI is InChI=1S/C25H22N4O3S/c1-29(2)33(31,32)24-6-4-3-5-21(24)18-8-10-20(11-9-18)28-25(30)14-19-16-27-23-12-7-17(15-26)13-22(19)23/h3-13,16,27H,14H2,1-2H3,(H,28,30). The second-order valence-corrected chi connectivity index (χ2v) is 9.89. The Morgan fingerprint density at radius 2 is 1.79 bits per heavy atom. The molecule has 1 aromatic heterocycles. The van der Waals surface area contributed by atoms with Crippen LogP contribution in [0.25, 0.3) is 22.0 Å². The third-order valence-electron chi connectivity index (χ3n) is 5.37. The summed E-state index contributed by atoms with van der Waals surface area (Å²) in [6, 6.07) is 21.3. The first kappa shape index (κ1) is 22.3. The molecule has 3 aromatic carbocycles. The number of nitrogens with one attached hydrogen (secondary N) is 2. The van der Waals surface area contributed by atoms with Gasteiger partial charge in [-0.2, -0.15) is 5.26 Å². The molecule has 7 nitrogen and oxygen atoms in total. The highest BCUT2D eigenvalue weighted by Crippen LogP contribution is 2.29. The minimum absolute atomic E-state index is 0.153. The van der Waals surface area contributed by atoms with Gasteiger partial charge in [-0.1, -0.05) is 30.3 Å². The molecular weight excluding hydrogens is 436 g/mol. The number of amides is 1. The predicted octanol–water partition coefficient (Wildman–Crippen LogP) is 4.14. The molecule has 1 amide bonds. The van der Waals surface area contributed by atoms with Gasteiger partial charge >= 0.3 is 0 Å². The van der Waals surface area contributed by atoms with Crippen molar-refractivity contribution in [1.82, 2.24) is 9.29 Å². The first-order chi connectivity index (χ1) is 15.8. The highest BCUT2D eigenvalue weighted by atomic mass is 32.2. The van der Waals surface area contributed by atoms with Gasteiger partial charge in [0.15, 0.2) is 0 Å². The number of carbonyl (C=O) groups is 1. The van der Waals surface area contributed by atoms with Crippen molar-refractivity contribution in [1.29, 1.82) is 5.26 Å². The van der Waals surface area contributed by atoms with Crippen LogP contribution in [0.1, 0.15) is 11.1 Å². The summed E-state index contributed by atoms with van der Waals surface area (Å²) in [6.45, 7) is 0. The molecule has 0 saturated heterocycles. The summed E-state index contributed by atoms with van der Waals surface area (Å²) in [7, 11) is -0.597. The lowest BCUT2D eigenvalue weighted by Gasteiger charge is -2.15. The quantitative estimate of drug-likeness (QED) is 0.453. The van der Waals surface area contributed by atoms with Gasteiger partial charge in [0, 0.05) is 42.4 Å². The van der Waals surface area contributed by atoms with Gasteiger partial charge in [0.25, 0.3) is 0 Å². The number of sulfonamides is 1. The van der Waals surface area contributed by atoms with Crippen LogP contribution in [-0.2, 0) is 21.2 Å². The van der Waals surface area contributed by atoms with E-state index in [1.165, 1.54) is 18.4 Å². The Bertz CT molecular complexity index is 1480. The first-order valence-corrected chi connectivity index (χ1v) is 11.7. The van der Waals surface area contributed by atoms with E-state index < -0.39 is 10.0 Å². The van der Waals surface area contributed by atoms with E-state index >= 15 is 0 Å². The molecule has 0 bridgehead atoms. The van der Waals surface area contributed by atoms with E-state index in [0.29, 0.717) is 16.8 Å². The zero-order chi connectivity index (χ0) is 23.6. The minimum atomic E-state index is -3.60. The number of hydrogen-bond donors (Lipinski definition) is 2. The number of hydrogen-bond acceptors (Lipinski definition) is 4. The number of nitriles is 1. The van der Waals surface area contributed by atoms with Crippen LogP contribution in [0.15, 0.2) is 77.8 Å². The highest BCUT2D eigenvalue weighted by Gasteiger charge is 2.21. The Morgan fingerprint density at radius 1 is 1.06 bits per heavy atom. The summed E-state index contributed by atoms with van der Waals surface area (Å²) < 4.78 is 26.5. The normalized spacial score (nSPS) is 11.5. The molecule has 2 N–H and O–H groups in total. The van der Waals surface area contributed by atoms with Crippen LogP contribution in [0.2, 0.25) is 0 Å². The van der Waals surface area contributed by atoms with Crippen molar-refractivity contribution in [2.75, 3.05) is 19.4 Å². The molecule has 0 aliphatic heterocycles. The zero-order valence-electron chi connectivity index (χ0n) is 18.2. The number of H-pyrrole nitrogens is 1. The van der Waals surface area contributed by atoms with Crippen molar-refractivity contribution >= 4 is 32.5 Å². The summed E-state index contributed by atoms with van der Waals surface area (Å²) in [4.78, 5) is 16.0. The molecule has 0 spiro atoms. The Morgan fingerprint density at radius 3 is 2.48 bits per heavy atom. The van der Waals surface area contributed by atoms with Crippen LogP contribution in [0.5, 0.6) is 0 Å². The third kappa shape index (κ3) is 4.51. The lowest BCUT2D eigenvalue weighted by atomic mass is 10.1. The predicted molar refractivity (Wildman–Crippen MR) is 128 cm³/mol. The molecule has 0 atom stereocenters. The van der Waals surface area contributed by atoms with Gasteiger partial charge in [0.2, 0.25) is 15.9 Å². The average molecular weight is 459 g/mol. The lowest BCUT2D eigenvalue weighted by Crippen LogP contribution is -2.22. The number of benzene rings is 3. The maximum atomic E-state index is 12.7. The molecule has 0 fully saturated rings. The molecule has 4 aromatic rings. The molecule has 0 unspecified atom stereocenters. The van der Waals surface area contributed by atoms with Crippen molar-refractivity contribution in [2.45, 2.75) is 11.3 Å². The van der Waals surface area contributed by atoms with E-state index in [1.807, 2.05) is 6.07 Å². The molecule has 0 saturated carbocycles. The Labute approximate surface area is 192 Å². The second-order valence-electron chi connectivity index (χ2n) is 7.77. The zero-order valence-corrected chi connectivity index (χ0v) is 19.0. The number of anilines is 1. The van der Waals surface area contributed by atoms with Crippen LogP contribution in [0.3, 0.4) is 0 Å². The summed E-state index contributed by atoms with van der Waals surface area (Å²) >= 11 is 0. The Balaban J connectivity index is 1.53. The van der Waals surface area contributed by atoms with Gasteiger partial charge in [0.1, 0.15) is 0 Å². The molecule has 166 valence electrons. The second kappa shape index (κ2) is 8.90. The third-order valence-corrected chi connectivity index (χ3v) is 7.25. The Kier molecular flexibility index (Phi) is 6.01. The van der Waals surface area contributed by atoms with Gasteiger partial charge in [-0.15, -0.1) is 0 Å². The smallest absolute Gasteiger partial charge is 0.243 e. The number of rotatable bonds is 6. The van der Waals surface area contributed by atoms with Crippen LogP contribution in [0, 0.1) is 11.3 Å². The monoisotopic (exact) mass is 458 g/mol. The topological polar surface area (TPSA) is 106 Å². The summed E-state index contributed by atoms with van der Waals surface area (Å²) in [6.07, 6.45) is 1.93. The number of nitrogens with zero attached hydrogens (tertiary/aromatic N) is 2. The largest absolute Gasteiger partial charge is 0.361 e. The molecule has 0 radical (unpaired) electrons. The van der Waals surface area contributed by atoms with Gasteiger partial charge < -0.3 is 10.3 Å². The van der Waals surface area contributed by atoms with Crippen molar-refractivity contribution in [2.24, 2.45) is 0 Å². The Hall–Kier alpha value is -3.93. The fraction of sp³-hybridized carbons (Fsp3) is 0.120. The summed E-state index contributed by atoms with van der Waals surface area (Å²) in [5.41, 5.74) is 4.14. The van der Waals surface area contributed by atoms with Gasteiger partial charge in [-0.05, 0) is 47.5 Å². The van der Waals surface area contributed by atoms with E-state index in [0.717, 1.165) is 22.0 Å². The minimum Gasteiger partial charge on any atom is -0.361 e. The molecule has 0 aliphatic rings. The fourth-order valence-electron chi connectivity index (χ4n) is 3.63. The number of fused-ring (bicyclic) bond motifs is 1. The van der Waals surface area contributed by atoms with Crippen LogP contribution in [0.4, 0.5) is 5.69 Å². The van der Waals surface area contributed by atoms with Crippen molar-refractivity contribution in [3.63, 3.8) is 0 Å². The van der Waals surface area contributed by atoms with E-state index in [2.05, 4.69) is 16.4 Å². The van der Waals surface area contributed by atoms with Crippen LogP contribution < -0.4 is 5.32 Å². The lowest BCUT2D eigenvalue weighted by molar-refractivity contribution is -0.115. The molecule has 8 heteroatoms. The molecule has 4 rings (SSSR count). The molecular formula is C25H22N4O3S. The molecule has 33 heavy (non-hydrogen) atoms. The molecule has 0 aliphatic carbocycles. The van der Waals surface area contributed by atoms with Gasteiger partial charge in [-0.3, -0.25) is 4.79 Å². The first-order valence-electron chi connectivity index (χ1n) is 10.2. The van der Waals surface area contributed by atoms with E-state index in [1.54, 1.807) is 66.9 Å². The average Bonchev–Trinajstić information content (AvgIpc) is 3.21. The molecule has 1 heterocycles. The van der Waals surface area contributed by atoms with Gasteiger partial charge in [-0.25, -0.2) is 12.7 Å². The maximum absolute atomic E-state index is 12.7. The number of aromatic amines is 1. The van der Waals surface area contributed by atoms with E-state index in [-0.39, 0.29) is 17.2 Å². The summed E-state index contributed by atoms with van der Waals surface area (Å²) in [5.74, 6) is -0.193. The van der Waals surface area contributed by atoms with Crippen molar-refractivity contribution < 1.29 is 13.2 Å². The number of carbonyl (C=O) groups excluding carboxylic acids is 1. The fourth-order valence-corrected chi connectivity index (χ4v) is 4.74. The van der Waals surface area contributed by atoms with Crippen molar-refractivity contribution in [3.05, 3.63) is 84.1 Å².